The van der Waals surface area contributed by atoms with Gasteiger partial charge in [0.2, 0.25) is 0 Å². The molecule has 0 radical (unpaired) electrons. The van der Waals surface area contributed by atoms with E-state index in [1.165, 1.54) is 31.9 Å². The molecular formula is C40H42N4O9. The molecule has 0 aromatic heterocycles. The van der Waals surface area contributed by atoms with Crippen LogP contribution in [-0.4, -0.2) is 97.9 Å². The van der Waals surface area contributed by atoms with Crippen LogP contribution in [0, 0.1) is 5.41 Å². The minimum atomic E-state index is -1.32. The number of rotatable bonds is 10. The topological polar surface area (TPSA) is 140 Å². The number of anilines is 1. The van der Waals surface area contributed by atoms with Gasteiger partial charge in [-0.15, -0.1) is 0 Å². The van der Waals surface area contributed by atoms with E-state index in [2.05, 4.69) is 18.7 Å². The first-order valence-electron chi connectivity index (χ1n) is 17.9. The van der Waals surface area contributed by atoms with Crippen LogP contribution in [0.4, 0.5) is 16.2 Å². The molecule has 1 aliphatic carbocycles. The summed E-state index contributed by atoms with van der Waals surface area (Å²) in [7, 11) is 3.00. The van der Waals surface area contributed by atoms with E-state index in [0.29, 0.717) is 60.9 Å². The van der Waals surface area contributed by atoms with Gasteiger partial charge in [-0.3, -0.25) is 14.6 Å². The van der Waals surface area contributed by atoms with Gasteiger partial charge in [0.15, 0.2) is 29.2 Å². The molecule has 3 amide bonds. The molecule has 4 heterocycles. The molecule has 0 unspecified atom stereocenters. The van der Waals surface area contributed by atoms with E-state index in [9.17, 15) is 19.5 Å². The highest BCUT2D eigenvalue weighted by Crippen LogP contribution is 2.57. The molecule has 1 saturated carbocycles. The Kier molecular flexibility index (Phi) is 8.97. The third kappa shape index (κ3) is 6.22. The Labute approximate surface area is 307 Å². The summed E-state index contributed by atoms with van der Waals surface area (Å²) in [4.78, 5) is 50.4. The molecule has 13 heteroatoms. The fourth-order valence-corrected chi connectivity index (χ4v) is 7.94. The number of hydrogen-bond acceptors (Lipinski definition) is 10. The molecule has 0 bridgehead atoms. The lowest BCUT2D eigenvalue weighted by molar-refractivity contribution is 0.0496. The van der Waals surface area contributed by atoms with Crippen molar-refractivity contribution in [3.63, 3.8) is 0 Å². The predicted octanol–water partition coefficient (Wildman–Crippen LogP) is 5.29. The molecule has 5 aliphatic rings. The third-order valence-corrected chi connectivity index (χ3v) is 10.9. The molecule has 1 spiro atoms. The van der Waals surface area contributed by atoms with E-state index in [1.807, 2.05) is 23.2 Å². The quantitative estimate of drug-likeness (QED) is 0.219. The van der Waals surface area contributed by atoms with Crippen molar-refractivity contribution in [3.05, 3.63) is 83.4 Å². The van der Waals surface area contributed by atoms with Crippen LogP contribution in [0.2, 0.25) is 0 Å². The van der Waals surface area contributed by atoms with Crippen LogP contribution in [-0.2, 0) is 17.7 Å². The van der Waals surface area contributed by atoms with E-state index in [4.69, 9.17) is 28.7 Å². The summed E-state index contributed by atoms with van der Waals surface area (Å²) in [6.07, 6.45) is 4.85. The van der Waals surface area contributed by atoms with E-state index < -0.39 is 18.4 Å². The lowest BCUT2D eigenvalue weighted by Crippen LogP contribution is -2.50. The maximum Gasteiger partial charge on any atom is 0.416 e. The summed E-state index contributed by atoms with van der Waals surface area (Å²) < 4.78 is 28.9. The summed E-state index contributed by atoms with van der Waals surface area (Å²) in [5, 5.41) is 11.6. The van der Waals surface area contributed by atoms with Crippen molar-refractivity contribution in [2.45, 2.75) is 57.0 Å². The summed E-state index contributed by atoms with van der Waals surface area (Å²) in [6, 6.07) is 13.9. The Balaban J connectivity index is 0.975. The van der Waals surface area contributed by atoms with E-state index in [1.54, 1.807) is 23.1 Å². The van der Waals surface area contributed by atoms with Gasteiger partial charge >= 0.3 is 6.09 Å². The molecule has 3 aromatic carbocycles. The molecule has 8 rings (SSSR count). The fourth-order valence-electron chi connectivity index (χ4n) is 7.94. The molecule has 3 aromatic rings. The average molecular weight is 723 g/mol. The molecular weight excluding hydrogens is 680 g/mol. The van der Waals surface area contributed by atoms with Crippen molar-refractivity contribution in [2.24, 2.45) is 10.4 Å². The van der Waals surface area contributed by atoms with Gasteiger partial charge in [0.1, 0.15) is 6.61 Å². The minimum absolute atomic E-state index is 0.0122. The highest BCUT2D eigenvalue weighted by Gasteiger charge is 2.58. The number of ether oxygens (including phenoxy) is 5. The lowest BCUT2D eigenvalue weighted by Gasteiger charge is -2.34. The summed E-state index contributed by atoms with van der Waals surface area (Å²) in [6.45, 7) is 5.01. The van der Waals surface area contributed by atoms with Gasteiger partial charge in [0.25, 0.3) is 11.8 Å². The smallest absolute Gasteiger partial charge is 0.416 e. The largest absolute Gasteiger partial charge is 0.493 e. The Morgan fingerprint density at radius 1 is 0.943 bits per heavy atom. The number of aliphatic hydroxyl groups is 1. The van der Waals surface area contributed by atoms with Crippen LogP contribution < -0.4 is 23.8 Å². The number of carbonyl (C=O) groups is 3. The zero-order chi connectivity index (χ0) is 36.9. The van der Waals surface area contributed by atoms with Crippen LogP contribution in [0.1, 0.15) is 57.5 Å². The van der Waals surface area contributed by atoms with Gasteiger partial charge in [-0.2, -0.15) is 0 Å². The minimum Gasteiger partial charge on any atom is -0.493 e. The molecule has 276 valence electrons. The Morgan fingerprint density at radius 3 is 2.32 bits per heavy atom. The van der Waals surface area contributed by atoms with Crippen LogP contribution in [0.5, 0.6) is 23.0 Å². The molecule has 1 N–H and O–H groups in total. The number of amides is 3. The number of hydrogen-bond donors (Lipinski definition) is 1. The zero-order valence-electron chi connectivity index (χ0n) is 29.8. The molecule has 4 aliphatic heterocycles. The molecule has 1 saturated heterocycles. The van der Waals surface area contributed by atoms with Gasteiger partial charge in [-0.1, -0.05) is 36.9 Å². The number of aliphatic hydroxyl groups excluding tert-OH is 1. The number of nitrogens with zero attached hydrogens (tertiary/aromatic N) is 4. The monoisotopic (exact) mass is 722 g/mol. The first-order chi connectivity index (χ1) is 25.7. The van der Waals surface area contributed by atoms with Gasteiger partial charge in [0.05, 0.1) is 62.0 Å². The second kappa shape index (κ2) is 13.8. The standard InChI is InChI=1S/C40H42N4O9/c1-4-12-53-39(48)44-30-19-35(33(50-3)17-28(30)37(46)43-23-40(10-11-40)20-31(43)38(44)47)52-14-7-13-51-34-18-29-27(16-32(34)49-2)36(45)42-22-25-9-6-5-8-24(25)15-26(42)21-41-29/h4-6,8-9,16-19,21,26,31,38,47H,1,7,10-15,20,22-23H2,2-3H3/t26-,31-,38-/m0/s1. The first-order valence-corrected chi connectivity index (χ1v) is 17.9. The number of benzene rings is 3. The average Bonchev–Trinajstić information content (AvgIpc) is 3.87. The first kappa shape index (κ1) is 34.5. The van der Waals surface area contributed by atoms with E-state index in [0.717, 1.165) is 23.3 Å². The van der Waals surface area contributed by atoms with E-state index in [-0.39, 0.29) is 60.1 Å². The van der Waals surface area contributed by atoms with Crippen molar-refractivity contribution in [2.75, 3.05) is 45.5 Å². The molecule has 53 heavy (non-hydrogen) atoms. The highest BCUT2D eigenvalue weighted by molar-refractivity contribution is 6.06. The van der Waals surface area contributed by atoms with Crippen molar-refractivity contribution in [1.29, 1.82) is 0 Å². The maximum atomic E-state index is 13.9. The molecule has 2 fully saturated rings. The van der Waals surface area contributed by atoms with Gasteiger partial charge in [0, 0.05) is 37.9 Å². The summed E-state index contributed by atoms with van der Waals surface area (Å²) in [5.41, 5.74) is 3.68. The molecule has 13 nitrogen and oxygen atoms in total. The van der Waals surface area contributed by atoms with Gasteiger partial charge in [-0.25, -0.2) is 9.69 Å². The van der Waals surface area contributed by atoms with Crippen LogP contribution in [0.25, 0.3) is 0 Å². The fraction of sp³-hybridized carbons (Fsp3) is 0.400. The number of aliphatic imine (C=N–C) groups is 1. The van der Waals surface area contributed by atoms with E-state index >= 15 is 0 Å². The Bertz CT molecular complexity index is 2010. The second-order valence-electron chi connectivity index (χ2n) is 14.2. The lowest BCUT2D eigenvalue weighted by atomic mass is 9.94. The van der Waals surface area contributed by atoms with Crippen molar-refractivity contribution >= 4 is 35.5 Å². The van der Waals surface area contributed by atoms with Crippen LogP contribution in [0.15, 0.2) is 66.2 Å². The van der Waals surface area contributed by atoms with Crippen molar-refractivity contribution in [1.82, 2.24) is 9.80 Å². The number of carbonyl (C=O) groups excluding carboxylic acids is 3. The summed E-state index contributed by atoms with van der Waals surface area (Å²) >= 11 is 0. The Hall–Kier alpha value is -5.56. The predicted molar refractivity (Wildman–Crippen MR) is 195 cm³/mol. The summed E-state index contributed by atoms with van der Waals surface area (Å²) in [5.74, 6) is 1.04. The SMILES string of the molecule is C=CCOC(=O)N1c2cc(OCCCOc3cc4c(cc3OC)C(=O)N3Cc5ccccc5C[C@H]3C=N4)c(OC)cc2C(=O)N2CC3(CC3)C[C@H]2[C@@H]1O. The van der Waals surface area contributed by atoms with Gasteiger partial charge < -0.3 is 38.6 Å². The number of fused-ring (bicyclic) bond motifs is 5. The highest BCUT2D eigenvalue weighted by atomic mass is 16.6. The second-order valence-corrected chi connectivity index (χ2v) is 14.2. The van der Waals surface area contributed by atoms with Crippen LogP contribution >= 0.6 is 0 Å². The zero-order valence-corrected chi connectivity index (χ0v) is 29.8. The van der Waals surface area contributed by atoms with Crippen LogP contribution in [0.3, 0.4) is 0 Å². The Morgan fingerprint density at radius 2 is 1.62 bits per heavy atom. The van der Waals surface area contributed by atoms with Crippen molar-refractivity contribution < 1.29 is 43.2 Å². The van der Waals surface area contributed by atoms with Crippen molar-refractivity contribution in [3.8, 4) is 23.0 Å². The normalized spacial score (nSPS) is 21.7. The molecule has 3 atom stereocenters. The third-order valence-electron chi connectivity index (χ3n) is 10.9. The maximum absolute atomic E-state index is 13.9. The van der Waals surface area contributed by atoms with Gasteiger partial charge in [-0.05, 0) is 54.4 Å². The number of methoxy groups -OCH3 is 2.